The molecule has 0 saturated carbocycles. The molecule has 3 atom stereocenters. The molecule has 1 unspecified atom stereocenters. The zero-order valence-corrected chi connectivity index (χ0v) is 20.8. The molecule has 3 aromatic rings. The molecule has 1 fully saturated rings. The second-order valence-electron chi connectivity index (χ2n) is 9.13. The smallest absolute Gasteiger partial charge is 0.164 e. The molecule has 36 heavy (non-hydrogen) atoms. The van der Waals surface area contributed by atoms with E-state index in [1.54, 1.807) is 27.2 Å². The fraction of sp³-hybridized carbons (Fsp3) is 0.290. The average molecular weight is 485 g/mol. The van der Waals surface area contributed by atoms with Crippen LogP contribution in [0.15, 0.2) is 103 Å². The normalized spacial score (nSPS) is 20.5. The lowest BCUT2D eigenvalue weighted by atomic mass is 9.80. The van der Waals surface area contributed by atoms with Crippen LogP contribution in [0, 0.1) is 12.3 Å². The number of terminal acetylenes is 1. The molecule has 0 amide bonds. The molecule has 5 heteroatoms. The molecular weight excluding hydrogens is 452 g/mol. The highest BCUT2D eigenvalue weighted by Crippen LogP contribution is 2.42. The van der Waals surface area contributed by atoms with Gasteiger partial charge in [-0.3, -0.25) is 0 Å². The molecule has 1 aliphatic heterocycles. The van der Waals surface area contributed by atoms with Gasteiger partial charge < -0.3 is 24.1 Å². The van der Waals surface area contributed by atoms with Gasteiger partial charge in [-0.1, -0.05) is 96.9 Å². The van der Waals surface area contributed by atoms with Crippen LogP contribution in [0.5, 0.6) is 0 Å². The van der Waals surface area contributed by atoms with Crippen LogP contribution in [-0.2, 0) is 24.5 Å². The Kier molecular flexibility index (Phi) is 7.93. The van der Waals surface area contributed by atoms with Crippen LogP contribution in [-0.4, -0.2) is 42.9 Å². The Morgan fingerprint density at radius 1 is 0.944 bits per heavy atom. The molecule has 0 bridgehead atoms. The number of benzene rings is 3. The summed E-state index contributed by atoms with van der Waals surface area (Å²) in [4.78, 5) is 0. The minimum absolute atomic E-state index is 0.129. The lowest BCUT2D eigenvalue weighted by molar-refractivity contribution is -0.150. The second kappa shape index (κ2) is 11.1. The quantitative estimate of drug-likeness (QED) is 0.262. The molecule has 1 saturated heterocycles. The number of rotatable bonds is 9. The van der Waals surface area contributed by atoms with Crippen LogP contribution in [0.25, 0.3) is 0 Å². The summed E-state index contributed by atoms with van der Waals surface area (Å²) in [5.41, 5.74) is 2.66. The molecule has 0 radical (unpaired) electrons. The third kappa shape index (κ3) is 5.23. The highest BCUT2D eigenvalue weighted by molar-refractivity contribution is 5.47. The summed E-state index contributed by atoms with van der Waals surface area (Å²) in [6.45, 7) is 3.71. The Labute approximate surface area is 213 Å². The molecular formula is C31H32O5. The largest absolute Gasteiger partial charge is 0.504 e. The molecule has 0 spiro atoms. The van der Waals surface area contributed by atoms with E-state index in [9.17, 15) is 5.11 Å². The van der Waals surface area contributed by atoms with Crippen molar-refractivity contribution in [3.8, 4) is 12.3 Å². The number of aliphatic hydroxyl groups is 1. The van der Waals surface area contributed by atoms with Gasteiger partial charge in [-0.05, 0) is 30.5 Å². The Morgan fingerprint density at radius 2 is 1.42 bits per heavy atom. The van der Waals surface area contributed by atoms with Crippen LogP contribution < -0.4 is 0 Å². The maximum Gasteiger partial charge on any atom is 0.164 e. The Balaban J connectivity index is 1.80. The maximum absolute atomic E-state index is 10.5. The van der Waals surface area contributed by atoms with Gasteiger partial charge in [0.05, 0.1) is 20.0 Å². The van der Waals surface area contributed by atoms with E-state index in [1.165, 1.54) is 0 Å². The molecule has 1 heterocycles. The summed E-state index contributed by atoms with van der Waals surface area (Å²) in [7, 11) is 1.56. The maximum atomic E-state index is 10.5. The second-order valence-corrected chi connectivity index (χ2v) is 9.13. The van der Waals surface area contributed by atoms with E-state index in [-0.39, 0.29) is 6.61 Å². The van der Waals surface area contributed by atoms with Crippen molar-refractivity contribution in [3.05, 3.63) is 120 Å². The summed E-state index contributed by atoms with van der Waals surface area (Å²) < 4.78 is 24.5. The molecule has 1 aliphatic rings. The minimum Gasteiger partial charge on any atom is -0.504 e. The van der Waals surface area contributed by atoms with Crippen LogP contribution in [0.3, 0.4) is 0 Å². The van der Waals surface area contributed by atoms with Gasteiger partial charge in [-0.2, -0.15) is 0 Å². The van der Waals surface area contributed by atoms with Crippen LogP contribution in [0.1, 0.15) is 30.5 Å². The summed E-state index contributed by atoms with van der Waals surface area (Å²) in [5, 5.41) is 10.5. The molecule has 5 nitrogen and oxygen atoms in total. The predicted octanol–water partition coefficient (Wildman–Crippen LogP) is 5.04. The lowest BCUT2D eigenvalue weighted by Crippen LogP contribution is -2.39. The van der Waals surface area contributed by atoms with Gasteiger partial charge in [0, 0.05) is 5.57 Å². The van der Waals surface area contributed by atoms with Gasteiger partial charge in [-0.25, -0.2) is 0 Å². The van der Waals surface area contributed by atoms with Crippen LogP contribution >= 0.6 is 0 Å². The van der Waals surface area contributed by atoms with Crippen molar-refractivity contribution < 1.29 is 24.1 Å². The standard InChI is InChI=1S/C31H32O5/c1-5-27(32)29-28(35-30(2,3)36-29)23(21-33-4)22-34-31(24-15-9-6-10-16-24,25-17-11-7-12-18-25)26-19-13-8-14-20-26/h1,6-21,27-29,32H,22H2,2-4H3/t27?,28-,29+/m1/s1. The predicted molar refractivity (Wildman–Crippen MR) is 139 cm³/mol. The van der Waals surface area contributed by atoms with E-state index in [2.05, 4.69) is 42.3 Å². The number of methoxy groups -OCH3 is 1. The van der Waals surface area contributed by atoms with Crippen LogP contribution in [0.4, 0.5) is 0 Å². The fourth-order valence-electron chi connectivity index (χ4n) is 4.70. The van der Waals surface area contributed by atoms with Gasteiger partial charge in [0.25, 0.3) is 0 Å². The highest BCUT2D eigenvalue weighted by atomic mass is 16.8. The van der Waals surface area contributed by atoms with Crippen molar-refractivity contribution in [1.82, 2.24) is 0 Å². The van der Waals surface area contributed by atoms with Gasteiger partial charge in [0.15, 0.2) is 5.79 Å². The molecule has 0 aliphatic carbocycles. The summed E-state index contributed by atoms with van der Waals surface area (Å²) in [5.74, 6) is 1.43. The van der Waals surface area contributed by atoms with Gasteiger partial charge >= 0.3 is 0 Å². The third-order valence-corrected chi connectivity index (χ3v) is 6.24. The molecule has 4 rings (SSSR count). The van der Waals surface area contributed by atoms with Crippen molar-refractivity contribution in [2.75, 3.05) is 13.7 Å². The van der Waals surface area contributed by atoms with Crippen molar-refractivity contribution in [1.29, 1.82) is 0 Å². The molecule has 0 aromatic heterocycles. The zero-order chi connectivity index (χ0) is 25.6. The van der Waals surface area contributed by atoms with E-state index in [0.29, 0.717) is 5.57 Å². The number of aliphatic hydroxyl groups excluding tert-OH is 1. The topological polar surface area (TPSA) is 57.2 Å². The van der Waals surface area contributed by atoms with Crippen molar-refractivity contribution in [2.45, 2.75) is 43.5 Å². The molecule has 3 aromatic carbocycles. The van der Waals surface area contributed by atoms with Crippen LogP contribution in [0.2, 0.25) is 0 Å². The SMILES string of the molecule is C#CC(O)[C@@H]1OC(C)(C)O[C@@H]1C(=COC)COC(c1ccccc1)(c1ccccc1)c1ccccc1. The number of ether oxygens (including phenoxy) is 4. The van der Waals surface area contributed by atoms with E-state index in [0.717, 1.165) is 16.7 Å². The van der Waals surface area contributed by atoms with Gasteiger partial charge in [0.2, 0.25) is 0 Å². The third-order valence-electron chi connectivity index (χ3n) is 6.24. The summed E-state index contributed by atoms with van der Waals surface area (Å²) >= 11 is 0. The summed E-state index contributed by atoms with van der Waals surface area (Å²) in [6.07, 6.45) is 4.53. The molecule has 186 valence electrons. The van der Waals surface area contributed by atoms with Gasteiger partial charge in [0.1, 0.15) is 23.9 Å². The Morgan fingerprint density at radius 3 is 1.83 bits per heavy atom. The van der Waals surface area contributed by atoms with Crippen molar-refractivity contribution >= 4 is 0 Å². The van der Waals surface area contributed by atoms with E-state index < -0.39 is 29.7 Å². The zero-order valence-electron chi connectivity index (χ0n) is 20.8. The lowest BCUT2D eigenvalue weighted by Gasteiger charge is -2.36. The molecule has 1 N–H and O–H groups in total. The first-order valence-corrected chi connectivity index (χ1v) is 11.9. The van der Waals surface area contributed by atoms with E-state index >= 15 is 0 Å². The van der Waals surface area contributed by atoms with E-state index in [1.807, 2.05) is 54.6 Å². The minimum atomic E-state index is -1.15. The van der Waals surface area contributed by atoms with Gasteiger partial charge in [-0.15, -0.1) is 6.42 Å². The first-order chi connectivity index (χ1) is 17.4. The number of hydrogen-bond donors (Lipinski definition) is 1. The monoisotopic (exact) mass is 484 g/mol. The average Bonchev–Trinajstić information content (AvgIpc) is 3.25. The Hall–Kier alpha value is -3.40. The first kappa shape index (κ1) is 25.7. The highest BCUT2D eigenvalue weighted by Gasteiger charge is 2.47. The van der Waals surface area contributed by atoms with Crippen molar-refractivity contribution in [2.24, 2.45) is 0 Å². The number of hydrogen-bond acceptors (Lipinski definition) is 5. The van der Waals surface area contributed by atoms with E-state index in [4.69, 9.17) is 25.4 Å². The Bertz CT molecular complexity index is 1090. The first-order valence-electron chi connectivity index (χ1n) is 11.9. The summed E-state index contributed by atoms with van der Waals surface area (Å²) in [6, 6.07) is 30.3. The van der Waals surface area contributed by atoms with Crippen molar-refractivity contribution in [3.63, 3.8) is 0 Å². The fourth-order valence-corrected chi connectivity index (χ4v) is 4.70.